The van der Waals surface area contributed by atoms with Crippen LogP contribution in [0.1, 0.15) is 61.1 Å². The predicted molar refractivity (Wildman–Crippen MR) is 133 cm³/mol. The van der Waals surface area contributed by atoms with E-state index in [2.05, 4.69) is 28.1 Å². The summed E-state index contributed by atoms with van der Waals surface area (Å²) in [5, 5.41) is 27.6. The number of carbonyl (C=O) groups is 1. The first kappa shape index (κ1) is 24.0. The summed E-state index contributed by atoms with van der Waals surface area (Å²) in [6.07, 6.45) is 2.37. The fourth-order valence-electron chi connectivity index (χ4n) is 6.67. The van der Waals surface area contributed by atoms with Crippen molar-refractivity contribution in [3.8, 4) is 23.8 Å². The summed E-state index contributed by atoms with van der Waals surface area (Å²) in [5.41, 5.74) is 9.07. The van der Waals surface area contributed by atoms with Crippen molar-refractivity contribution < 1.29 is 14.6 Å². The third-order valence-corrected chi connectivity index (χ3v) is 8.13. The van der Waals surface area contributed by atoms with E-state index in [0.29, 0.717) is 17.0 Å². The second kappa shape index (κ2) is 7.88. The van der Waals surface area contributed by atoms with E-state index in [1.807, 2.05) is 39.0 Å². The van der Waals surface area contributed by atoms with E-state index >= 15 is 0 Å². The predicted octanol–water partition coefficient (Wildman–Crippen LogP) is 2.85. The SMILES string of the molecule is Cc1[nH]nc2c1C(c1cc(C#CC34CC(C(=O)N(C)C)(C3)C4)cc(CO)c1)(C(C)C)C(C#N)=C(N)O2. The molecule has 1 aliphatic heterocycles. The second-order valence-corrected chi connectivity index (χ2v) is 11.1. The van der Waals surface area contributed by atoms with Gasteiger partial charge >= 0.3 is 0 Å². The third-order valence-electron chi connectivity index (χ3n) is 8.13. The molecule has 4 aliphatic rings. The molecule has 1 atom stereocenters. The summed E-state index contributed by atoms with van der Waals surface area (Å²) < 4.78 is 5.72. The minimum atomic E-state index is -0.927. The number of amides is 1. The van der Waals surface area contributed by atoms with Crippen LogP contribution in [0.4, 0.5) is 0 Å². The van der Waals surface area contributed by atoms with E-state index in [9.17, 15) is 15.2 Å². The van der Waals surface area contributed by atoms with Crippen LogP contribution in [0, 0.1) is 46.8 Å². The summed E-state index contributed by atoms with van der Waals surface area (Å²) in [4.78, 5) is 14.2. The van der Waals surface area contributed by atoms with Gasteiger partial charge in [0.05, 0.1) is 23.0 Å². The lowest BCUT2D eigenvalue weighted by molar-refractivity contribution is -0.193. The molecule has 1 aromatic heterocycles. The van der Waals surface area contributed by atoms with E-state index < -0.39 is 5.41 Å². The highest BCUT2D eigenvalue weighted by Crippen LogP contribution is 2.73. The van der Waals surface area contributed by atoms with Crippen LogP contribution in [0.3, 0.4) is 0 Å². The van der Waals surface area contributed by atoms with Crippen LogP contribution in [0.5, 0.6) is 5.88 Å². The molecule has 3 fully saturated rings. The zero-order valence-electron chi connectivity index (χ0n) is 21.3. The van der Waals surface area contributed by atoms with Crippen molar-refractivity contribution in [2.75, 3.05) is 14.1 Å². The van der Waals surface area contributed by atoms with Crippen LogP contribution < -0.4 is 10.5 Å². The van der Waals surface area contributed by atoms with E-state index in [1.165, 1.54) is 0 Å². The van der Waals surface area contributed by atoms with Crippen molar-refractivity contribution in [1.29, 1.82) is 5.26 Å². The zero-order chi connectivity index (χ0) is 26.0. The largest absolute Gasteiger partial charge is 0.420 e. The Morgan fingerprint density at radius 3 is 2.58 bits per heavy atom. The number of hydrogen-bond acceptors (Lipinski definition) is 6. The van der Waals surface area contributed by atoms with Gasteiger partial charge in [0.25, 0.3) is 0 Å². The highest BCUT2D eigenvalue weighted by Gasteiger charge is 2.71. The topological polar surface area (TPSA) is 128 Å². The fraction of sp³-hybridized carbons (Fsp3) is 0.464. The van der Waals surface area contributed by atoms with Gasteiger partial charge in [-0.25, -0.2) is 0 Å². The molecule has 186 valence electrons. The lowest BCUT2D eigenvalue weighted by atomic mass is 9.35. The van der Waals surface area contributed by atoms with Gasteiger partial charge in [-0.05, 0) is 55.4 Å². The number of allylic oxidation sites excluding steroid dienone is 1. The number of ether oxygens (including phenoxy) is 1. The number of nitriles is 1. The van der Waals surface area contributed by atoms with Crippen molar-refractivity contribution >= 4 is 5.91 Å². The van der Waals surface area contributed by atoms with Gasteiger partial charge in [-0.15, -0.1) is 5.10 Å². The van der Waals surface area contributed by atoms with Gasteiger partial charge in [0, 0.05) is 30.8 Å². The average Bonchev–Trinajstić information content (AvgIpc) is 3.15. The fourth-order valence-corrected chi connectivity index (χ4v) is 6.67. The maximum atomic E-state index is 12.5. The number of aliphatic hydroxyl groups is 1. The summed E-state index contributed by atoms with van der Waals surface area (Å²) in [6.45, 7) is 5.79. The first-order chi connectivity index (χ1) is 17.0. The van der Waals surface area contributed by atoms with Crippen LogP contribution in [-0.4, -0.2) is 40.2 Å². The van der Waals surface area contributed by atoms with Crippen molar-refractivity contribution in [3.05, 3.63) is 57.6 Å². The number of nitrogens with two attached hydrogens (primary N) is 1. The number of aromatic amines is 1. The Hall–Kier alpha value is -3.75. The number of rotatable bonds is 4. The number of carbonyl (C=O) groups excluding carboxylic acids is 1. The molecular formula is C28H31N5O3. The van der Waals surface area contributed by atoms with Crippen LogP contribution in [0.15, 0.2) is 29.7 Å². The van der Waals surface area contributed by atoms with Gasteiger partial charge in [-0.3, -0.25) is 9.89 Å². The van der Waals surface area contributed by atoms with E-state index in [0.717, 1.165) is 41.6 Å². The summed E-state index contributed by atoms with van der Waals surface area (Å²) in [7, 11) is 3.60. The van der Waals surface area contributed by atoms with Gasteiger partial charge in [0.1, 0.15) is 11.6 Å². The molecule has 3 saturated carbocycles. The van der Waals surface area contributed by atoms with Gasteiger partial charge in [-0.1, -0.05) is 31.8 Å². The zero-order valence-corrected chi connectivity index (χ0v) is 21.3. The van der Waals surface area contributed by atoms with Crippen LogP contribution in [-0.2, 0) is 16.8 Å². The molecule has 0 saturated heterocycles. The molecular weight excluding hydrogens is 454 g/mol. The van der Waals surface area contributed by atoms with E-state index in [-0.39, 0.29) is 35.1 Å². The normalized spacial score (nSPS) is 27.6. The Morgan fingerprint density at radius 2 is 2.00 bits per heavy atom. The molecule has 4 N–H and O–H groups in total. The van der Waals surface area contributed by atoms with E-state index in [4.69, 9.17) is 10.5 Å². The molecule has 0 spiro atoms. The molecule has 3 aliphatic carbocycles. The highest BCUT2D eigenvalue weighted by molar-refractivity contribution is 5.86. The number of aryl methyl sites for hydroxylation is 1. The second-order valence-electron chi connectivity index (χ2n) is 11.1. The Kier molecular flexibility index (Phi) is 5.24. The van der Waals surface area contributed by atoms with Crippen LogP contribution in [0.2, 0.25) is 0 Å². The number of fused-ring (bicyclic) bond motifs is 1. The number of aliphatic hydroxyl groups excluding tert-OH is 1. The molecule has 2 bridgehead atoms. The van der Waals surface area contributed by atoms with E-state index in [1.54, 1.807) is 19.0 Å². The van der Waals surface area contributed by atoms with Gasteiger partial charge < -0.3 is 20.5 Å². The molecule has 1 aromatic carbocycles. The summed E-state index contributed by atoms with van der Waals surface area (Å²) >= 11 is 0. The van der Waals surface area contributed by atoms with Crippen LogP contribution in [0.25, 0.3) is 0 Å². The van der Waals surface area contributed by atoms with Crippen molar-refractivity contribution in [2.24, 2.45) is 22.5 Å². The minimum Gasteiger partial charge on any atom is -0.420 e. The molecule has 1 unspecified atom stereocenters. The molecule has 2 aromatic rings. The molecule has 2 heterocycles. The maximum Gasteiger partial charge on any atom is 0.244 e. The maximum absolute atomic E-state index is 12.5. The highest BCUT2D eigenvalue weighted by atomic mass is 16.5. The molecule has 36 heavy (non-hydrogen) atoms. The smallest absolute Gasteiger partial charge is 0.244 e. The lowest BCUT2D eigenvalue weighted by Crippen LogP contribution is -2.66. The Morgan fingerprint density at radius 1 is 1.31 bits per heavy atom. The van der Waals surface area contributed by atoms with Gasteiger partial charge in [0.15, 0.2) is 0 Å². The number of hydrogen-bond donors (Lipinski definition) is 3. The lowest BCUT2D eigenvalue weighted by Gasteiger charge is -2.67. The monoisotopic (exact) mass is 485 g/mol. The quantitative estimate of drug-likeness (QED) is 0.572. The molecule has 6 rings (SSSR count). The number of nitrogens with zero attached hydrogens (tertiary/aromatic N) is 3. The van der Waals surface area contributed by atoms with Crippen molar-refractivity contribution in [3.63, 3.8) is 0 Å². The summed E-state index contributed by atoms with van der Waals surface area (Å²) in [5.74, 6) is 7.23. The number of aromatic nitrogens is 2. The number of H-pyrrole nitrogens is 1. The first-order valence-corrected chi connectivity index (χ1v) is 12.2. The molecule has 8 heteroatoms. The van der Waals surface area contributed by atoms with Crippen molar-refractivity contribution in [2.45, 2.75) is 52.1 Å². The Labute approximate surface area is 211 Å². The van der Waals surface area contributed by atoms with Crippen molar-refractivity contribution in [1.82, 2.24) is 15.1 Å². The van der Waals surface area contributed by atoms with Gasteiger partial charge in [-0.2, -0.15) is 5.26 Å². The average molecular weight is 486 g/mol. The van der Waals surface area contributed by atoms with Gasteiger partial charge in [0.2, 0.25) is 17.7 Å². The number of nitrogens with one attached hydrogen (secondary N) is 1. The standard InChI is InChI=1S/C28H31N5O3/c1-16(2)28(21(11-29)23(30)36-24-22(28)17(3)31-32-24)20-9-18(8-19(10-20)12-34)6-7-26-13-27(14-26,15-26)25(35)33(4)5/h8-10,16,34H,12-15,30H2,1-5H3,(H,31,32). The van der Waals surface area contributed by atoms with Crippen LogP contribution >= 0.6 is 0 Å². The third kappa shape index (κ3) is 3.11. The Balaban J connectivity index is 1.61. The number of benzene rings is 1. The molecule has 0 radical (unpaired) electrons. The first-order valence-electron chi connectivity index (χ1n) is 12.2. The Bertz CT molecular complexity index is 1390. The molecule has 8 nitrogen and oxygen atoms in total. The summed E-state index contributed by atoms with van der Waals surface area (Å²) in [6, 6.07) is 8.05. The molecule has 1 amide bonds. The minimum absolute atomic E-state index is 0.0250.